The maximum absolute atomic E-state index is 12.4. The number of aromatic nitrogens is 1. The Morgan fingerprint density at radius 2 is 2.24 bits per heavy atom. The van der Waals surface area contributed by atoms with Gasteiger partial charge in [0.15, 0.2) is 0 Å². The zero-order chi connectivity index (χ0) is 14.8. The summed E-state index contributed by atoms with van der Waals surface area (Å²) in [5, 5.41) is 4.91. The van der Waals surface area contributed by atoms with Gasteiger partial charge in [0.2, 0.25) is 11.8 Å². The lowest BCUT2D eigenvalue weighted by Crippen LogP contribution is -2.55. The topological polar surface area (TPSA) is 91.4 Å². The van der Waals surface area contributed by atoms with Crippen LogP contribution in [0.2, 0.25) is 0 Å². The summed E-state index contributed by atoms with van der Waals surface area (Å²) in [5.74, 6) is -0.0955. The van der Waals surface area contributed by atoms with Gasteiger partial charge in [-0.1, -0.05) is 6.07 Å². The van der Waals surface area contributed by atoms with Gasteiger partial charge in [0.25, 0.3) is 0 Å². The van der Waals surface area contributed by atoms with E-state index in [9.17, 15) is 14.4 Å². The molecule has 0 bridgehead atoms. The molecule has 21 heavy (non-hydrogen) atoms. The van der Waals surface area contributed by atoms with Gasteiger partial charge in [-0.05, 0) is 30.9 Å². The van der Waals surface area contributed by atoms with Crippen molar-refractivity contribution in [3.8, 4) is 0 Å². The van der Waals surface area contributed by atoms with Crippen LogP contribution in [0.15, 0.2) is 18.3 Å². The highest BCUT2D eigenvalue weighted by molar-refractivity contribution is 6.03. The highest BCUT2D eigenvalue weighted by atomic mass is 16.2. The number of rotatable bonds is 1. The van der Waals surface area contributed by atoms with E-state index in [1.54, 1.807) is 11.1 Å². The number of nitrogens with zero attached hydrogens (tertiary/aromatic N) is 2. The smallest absolute Gasteiger partial charge is 0.323 e. The average Bonchev–Trinajstić information content (AvgIpc) is 2.49. The summed E-state index contributed by atoms with van der Waals surface area (Å²) in [4.78, 5) is 41.0. The van der Waals surface area contributed by atoms with Crippen LogP contribution in [0, 0.1) is 0 Å². The van der Waals surface area contributed by atoms with E-state index in [1.807, 2.05) is 12.1 Å². The van der Waals surface area contributed by atoms with Crippen LogP contribution in [0.1, 0.15) is 24.8 Å². The minimum Gasteiger partial charge on any atom is -0.326 e. The molecule has 2 aliphatic heterocycles. The molecule has 0 saturated carbocycles. The molecule has 0 unspecified atom stereocenters. The largest absolute Gasteiger partial charge is 0.326 e. The van der Waals surface area contributed by atoms with E-state index in [2.05, 4.69) is 15.6 Å². The fourth-order valence-electron chi connectivity index (χ4n) is 2.66. The number of fused-ring (bicyclic) bond motifs is 1. The molecule has 110 valence electrons. The van der Waals surface area contributed by atoms with Crippen molar-refractivity contribution >= 4 is 23.7 Å². The lowest BCUT2D eigenvalue weighted by molar-refractivity contribution is -0.134. The monoisotopic (exact) mass is 288 g/mol. The maximum Gasteiger partial charge on any atom is 0.323 e. The fourth-order valence-corrected chi connectivity index (χ4v) is 2.66. The number of imide groups is 1. The van der Waals surface area contributed by atoms with Crippen molar-refractivity contribution in [2.45, 2.75) is 31.7 Å². The van der Waals surface area contributed by atoms with E-state index in [4.69, 9.17) is 0 Å². The van der Waals surface area contributed by atoms with Gasteiger partial charge in [-0.25, -0.2) is 9.78 Å². The third-order valence-electron chi connectivity index (χ3n) is 3.73. The molecule has 3 rings (SSSR count). The number of nitrogens with one attached hydrogen (secondary N) is 2. The molecule has 4 amide bonds. The summed E-state index contributed by atoms with van der Waals surface area (Å²) < 4.78 is 0. The van der Waals surface area contributed by atoms with Gasteiger partial charge in [-0.15, -0.1) is 0 Å². The Bertz CT molecular complexity index is 602. The lowest BCUT2D eigenvalue weighted by Gasteiger charge is -2.30. The third-order valence-corrected chi connectivity index (χ3v) is 3.73. The first-order chi connectivity index (χ1) is 10.1. The van der Waals surface area contributed by atoms with Gasteiger partial charge in [-0.2, -0.15) is 0 Å². The predicted octanol–water partition coefficient (Wildman–Crippen LogP) is 0.349. The van der Waals surface area contributed by atoms with Crippen molar-refractivity contribution in [2.24, 2.45) is 0 Å². The Kier molecular flexibility index (Phi) is 3.55. The molecule has 3 heterocycles. The van der Waals surface area contributed by atoms with Crippen LogP contribution in [0.4, 0.5) is 10.6 Å². The number of aryl methyl sites for hydroxylation is 1. The minimum atomic E-state index is -0.663. The normalized spacial score (nSPS) is 21.5. The molecule has 2 N–H and O–H groups in total. The summed E-state index contributed by atoms with van der Waals surface area (Å²) in [7, 11) is 0. The van der Waals surface area contributed by atoms with E-state index >= 15 is 0 Å². The Hall–Kier alpha value is -2.44. The van der Waals surface area contributed by atoms with E-state index in [0.717, 1.165) is 18.4 Å². The summed E-state index contributed by atoms with van der Waals surface area (Å²) >= 11 is 0. The molecule has 0 aliphatic carbocycles. The summed E-state index contributed by atoms with van der Waals surface area (Å²) in [6.45, 7) is 0.573. The quantitative estimate of drug-likeness (QED) is 0.729. The molecule has 1 aromatic rings. The van der Waals surface area contributed by atoms with Crippen molar-refractivity contribution in [1.82, 2.24) is 15.6 Å². The van der Waals surface area contributed by atoms with Crippen LogP contribution in [0.25, 0.3) is 0 Å². The van der Waals surface area contributed by atoms with Gasteiger partial charge >= 0.3 is 6.03 Å². The minimum absolute atomic E-state index is 0.242. The number of amides is 4. The first kappa shape index (κ1) is 13.5. The summed E-state index contributed by atoms with van der Waals surface area (Å²) in [6.07, 6.45) is 3.98. The Labute approximate surface area is 121 Å². The Morgan fingerprint density at radius 3 is 3.05 bits per heavy atom. The second-order valence-electron chi connectivity index (χ2n) is 5.19. The highest BCUT2D eigenvalue weighted by Gasteiger charge is 2.31. The molecule has 1 aromatic heterocycles. The molecule has 2 aliphatic rings. The van der Waals surface area contributed by atoms with Crippen LogP contribution in [0.5, 0.6) is 0 Å². The molecule has 0 radical (unpaired) electrons. The van der Waals surface area contributed by atoms with Crippen LogP contribution in [-0.2, 0) is 16.0 Å². The molecule has 7 heteroatoms. The lowest BCUT2D eigenvalue weighted by atomic mass is 10.1. The van der Waals surface area contributed by atoms with E-state index in [-0.39, 0.29) is 18.4 Å². The van der Waals surface area contributed by atoms with Crippen LogP contribution in [0.3, 0.4) is 0 Å². The van der Waals surface area contributed by atoms with Gasteiger partial charge in [0, 0.05) is 19.2 Å². The summed E-state index contributed by atoms with van der Waals surface area (Å²) in [5.41, 5.74) is 1.03. The molecular weight excluding hydrogens is 272 g/mol. The zero-order valence-electron chi connectivity index (χ0n) is 11.5. The molecule has 1 saturated heterocycles. The number of carbonyl (C=O) groups is 3. The Balaban J connectivity index is 1.72. The average molecular weight is 288 g/mol. The number of anilines is 1. The SMILES string of the molecule is O=C1CC[C@H](NC(=O)N2CCCc3cccnc32)C(=O)N1. The van der Waals surface area contributed by atoms with Gasteiger partial charge < -0.3 is 5.32 Å². The number of carbonyl (C=O) groups excluding carboxylic acids is 3. The fraction of sp³-hybridized carbons (Fsp3) is 0.429. The number of pyridine rings is 1. The van der Waals surface area contributed by atoms with Gasteiger partial charge in [0.05, 0.1) is 0 Å². The first-order valence-corrected chi connectivity index (χ1v) is 7.01. The standard InChI is InChI=1S/C14H16N4O3/c19-11-6-5-10(13(20)17-11)16-14(21)18-8-2-4-9-3-1-7-15-12(9)18/h1,3,7,10H,2,4-6,8H2,(H,16,21)(H,17,19,20)/t10-/m0/s1. The molecule has 1 fully saturated rings. The number of piperidine rings is 1. The van der Waals surface area contributed by atoms with Crippen molar-refractivity contribution in [2.75, 3.05) is 11.4 Å². The predicted molar refractivity (Wildman–Crippen MR) is 74.6 cm³/mol. The summed E-state index contributed by atoms with van der Waals surface area (Å²) in [6, 6.07) is 2.79. The zero-order valence-corrected chi connectivity index (χ0v) is 11.5. The van der Waals surface area contributed by atoms with Gasteiger partial charge in [0.1, 0.15) is 11.9 Å². The molecule has 0 aromatic carbocycles. The van der Waals surface area contributed by atoms with Crippen LogP contribution < -0.4 is 15.5 Å². The highest BCUT2D eigenvalue weighted by Crippen LogP contribution is 2.24. The van der Waals surface area contributed by atoms with E-state index in [0.29, 0.717) is 18.8 Å². The Morgan fingerprint density at radius 1 is 1.38 bits per heavy atom. The number of hydrogen-bond donors (Lipinski definition) is 2. The second kappa shape index (κ2) is 5.51. The van der Waals surface area contributed by atoms with Crippen LogP contribution >= 0.6 is 0 Å². The molecule has 7 nitrogen and oxygen atoms in total. The molecular formula is C14H16N4O3. The van der Waals surface area contributed by atoms with Crippen LogP contribution in [-0.4, -0.2) is 35.4 Å². The third kappa shape index (κ3) is 2.72. The molecule has 0 spiro atoms. The van der Waals surface area contributed by atoms with E-state index in [1.165, 1.54) is 0 Å². The number of hydrogen-bond acceptors (Lipinski definition) is 4. The van der Waals surface area contributed by atoms with Crippen molar-refractivity contribution < 1.29 is 14.4 Å². The van der Waals surface area contributed by atoms with Crippen molar-refractivity contribution in [1.29, 1.82) is 0 Å². The maximum atomic E-state index is 12.4. The first-order valence-electron chi connectivity index (χ1n) is 7.01. The van der Waals surface area contributed by atoms with E-state index < -0.39 is 11.9 Å². The van der Waals surface area contributed by atoms with Crippen molar-refractivity contribution in [3.05, 3.63) is 23.9 Å². The van der Waals surface area contributed by atoms with Crippen molar-refractivity contribution in [3.63, 3.8) is 0 Å². The second-order valence-corrected chi connectivity index (χ2v) is 5.19. The number of urea groups is 1. The molecule has 1 atom stereocenters. The van der Waals surface area contributed by atoms with Gasteiger partial charge in [-0.3, -0.25) is 19.8 Å².